The zero-order valence-electron chi connectivity index (χ0n) is 51.4. The van der Waals surface area contributed by atoms with Crippen LogP contribution < -0.4 is 26.2 Å². The van der Waals surface area contributed by atoms with Crippen LogP contribution in [-0.4, -0.2) is 192 Å². The molecule has 9 rings (SSSR count). The summed E-state index contributed by atoms with van der Waals surface area (Å²) in [7, 11) is 1.38. The first-order chi connectivity index (χ1) is 42.2. The number of carboxylic acid groups (broad SMARTS) is 1. The second-order valence-corrected chi connectivity index (χ2v) is 25.1. The molecule has 0 radical (unpaired) electrons. The molecule has 478 valence electrons. The summed E-state index contributed by atoms with van der Waals surface area (Å²) in [5.41, 5.74) is 0.258. The van der Waals surface area contributed by atoms with Crippen LogP contribution in [0.5, 0.6) is 0 Å². The molecule has 0 spiro atoms. The molecule has 0 bridgehead atoms. The Morgan fingerprint density at radius 1 is 0.831 bits per heavy atom. The third-order valence-corrected chi connectivity index (χ3v) is 17.5. The predicted octanol–water partition coefficient (Wildman–Crippen LogP) is 6.02. The highest BCUT2D eigenvalue weighted by Gasteiger charge is 2.49. The maximum absolute atomic E-state index is 15.2. The number of likely N-dealkylation sites (N-methyl/N-ethyl adjacent to an activating group) is 1. The summed E-state index contributed by atoms with van der Waals surface area (Å²) in [5.74, 6) is -7.10. The minimum Gasteiger partial charge on any atom is -0.465 e. The van der Waals surface area contributed by atoms with E-state index in [1.807, 2.05) is 24.0 Å². The van der Waals surface area contributed by atoms with Gasteiger partial charge in [-0.25, -0.2) is 22.8 Å². The topological polar surface area (TPSA) is 252 Å². The van der Waals surface area contributed by atoms with E-state index in [4.69, 9.17) is 14.2 Å². The molecular weight excluding hydrogens is 1160 g/mol. The lowest BCUT2D eigenvalue weighted by Crippen LogP contribution is -2.64. The molecule has 2 unspecified atom stereocenters. The SMILES string of the molecule is CC(C(=O)NC(C(=O)N1Cc2ccc(NC(=O)CNC(=O)[C@@]3(C)CN(C(=O)CN4C[C@@H](C)N(C(=O)O)C[C@@H]4CN4CCOC[C@H]4C)c4cc(Cc5ccc(F)cc5)ccc43)cc2[C@H]1C(=O)Nc1c(F)cccc1F)C1CCOCC1)N(C)C(=O)OC(C)(C)C. The van der Waals surface area contributed by atoms with Crippen molar-refractivity contribution >= 4 is 64.7 Å². The van der Waals surface area contributed by atoms with Gasteiger partial charge in [0.25, 0.3) is 5.91 Å². The zero-order valence-corrected chi connectivity index (χ0v) is 51.4. The second-order valence-electron chi connectivity index (χ2n) is 25.1. The molecule has 89 heavy (non-hydrogen) atoms. The van der Waals surface area contributed by atoms with Crippen LogP contribution in [0, 0.1) is 23.4 Å². The lowest BCUT2D eigenvalue weighted by Gasteiger charge is -2.47. The fourth-order valence-corrected chi connectivity index (χ4v) is 12.3. The number of hydrogen-bond acceptors (Lipinski definition) is 13. The number of rotatable bonds is 17. The Balaban J connectivity index is 0.944. The number of anilines is 3. The molecule has 5 heterocycles. The number of carbonyl (C=O) groups is 8. The van der Waals surface area contributed by atoms with E-state index in [0.29, 0.717) is 62.4 Å². The van der Waals surface area contributed by atoms with Crippen LogP contribution in [-0.2, 0) is 61.4 Å². The van der Waals surface area contributed by atoms with Crippen LogP contribution in [0.2, 0.25) is 0 Å². The Morgan fingerprint density at radius 2 is 1.53 bits per heavy atom. The summed E-state index contributed by atoms with van der Waals surface area (Å²) < 4.78 is 61.1. The molecule has 3 fully saturated rings. The smallest absolute Gasteiger partial charge is 0.410 e. The number of nitrogens with one attached hydrogen (secondary N) is 4. The van der Waals surface area contributed by atoms with Crippen molar-refractivity contribution in [2.45, 2.75) is 122 Å². The molecule has 5 aliphatic heterocycles. The molecular formula is C64H79F3N10O12. The number of fused-ring (bicyclic) bond motifs is 2. The molecule has 0 aromatic heterocycles. The molecule has 3 saturated heterocycles. The van der Waals surface area contributed by atoms with Crippen molar-refractivity contribution in [2.24, 2.45) is 5.92 Å². The Kier molecular flexibility index (Phi) is 20.0. The molecule has 8 amide bonds. The van der Waals surface area contributed by atoms with Gasteiger partial charge in [0.05, 0.1) is 31.7 Å². The maximum atomic E-state index is 15.2. The van der Waals surface area contributed by atoms with E-state index in [1.54, 1.807) is 63.8 Å². The number of halogens is 3. The van der Waals surface area contributed by atoms with Gasteiger partial charge in [-0.2, -0.15) is 0 Å². The number of hydrogen-bond donors (Lipinski definition) is 5. The van der Waals surface area contributed by atoms with Crippen LogP contribution in [0.1, 0.15) is 95.2 Å². The molecule has 5 N–H and O–H groups in total. The van der Waals surface area contributed by atoms with E-state index in [-0.39, 0.29) is 75.2 Å². The van der Waals surface area contributed by atoms with Gasteiger partial charge in [-0.3, -0.25) is 43.5 Å². The van der Waals surface area contributed by atoms with Gasteiger partial charge in [0.2, 0.25) is 29.5 Å². The first kappa shape index (κ1) is 65.3. The average Bonchev–Trinajstić information content (AvgIpc) is 1.90. The quantitative estimate of drug-likeness (QED) is 0.0812. The number of nitrogens with zero attached hydrogens (tertiary/aromatic N) is 6. The van der Waals surface area contributed by atoms with Gasteiger partial charge < -0.3 is 55.3 Å². The monoisotopic (exact) mass is 1240 g/mol. The third-order valence-electron chi connectivity index (χ3n) is 17.5. The van der Waals surface area contributed by atoms with Crippen LogP contribution in [0.4, 0.5) is 39.8 Å². The van der Waals surface area contributed by atoms with Gasteiger partial charge in [-0.15, -0.1) is 0 Å². The van der Waals surface area contributed by atoms with E-state index in [1.165, 1.54) is 48.0 Å². The molecule has 5 aliphatic rings. The van der Waals surface area contributed by atoms with E-state index >= 15 is 13.6 Å². The van der Waals surface area contributed by atoms with Gasteiger partial charge in [0.1, 0.15) is 46.9 Å². The van der Waals surface area contributed by atoms with Crippen LogP contribution in [0.25, 0.3) is 0 Å². The van der Waals surface area contributed by atoms with Crippen LogP contribution >= 0.6 is 0 Å². The van der Waals surface area contributed by atoms with Crippen molar-refractivity contribution in [3.05, 3.63) is 124 Å². The maximum Gasteiger partial charge on any atom is 0.410 e. The van der Waals surface area contributed by atoms with Crippen molar-refractivity contribution < 1.29 is 70.8 Å². The highest BCUT2D eigenvalue weighted by atomic mass is 19.1. The summed E-state index contributed by atoms with van der Waals surface area (Å²) in [6.07, 6.45) is -0.779. The normalized spacial score (nSPS) is 22.1. The fourth-order valence-electron chi connectivity index (χ4n) is 12.3. The number of amides is 8. The van der Waals surface area contributed by atoms with Gasteiger partial charge in [0, 0.05) is 89.0 Å². The van der Waals surface area contributed by atoms with E-state index in [2.05, 4.69) is 26.2 Å². The molecule has 0 aliphatic carbocycles. The zero-order chi connectivity index (χ0) is 64.2. The third kappa shape index (κ3) is 15.0. The Morgan fingerprint density at radius 3 is 2.20 bits per heavy atom. The second kappa shape index (κ2) is 27.3. The lowest BCUT2D eigenvalue weighted by molar-refractivity contribution is -0.144. The van der Waals surface area contributed by atoms with Crippen LogP contribution in [0.15, 0.2) is 78.9 Å². The molecule has 7 atom stereocenters. The summed E-state index contributed by atoms with van der Waals surface area (Å²) in [4.78, 5) is 122. The molecule has 0 saturated carbocycles. The average molecular weight is 1240 g/mol. The van der Waals surface area contributed by atoms with Gasteiger partial charge in [-0.1, -0.05) is 36.4 Å². The van der Waals surface area contributed by atoms with Gasteiger partial charge >= 0.3 is 12.2 Å². The summed E-state index contributed by atoms with van der Waals surface area (Å²) >= 11 is 0. The Bertz CT molecular complexity index is 3330. The largest absolute Gasteiger partial charge is 0.465 e. The van der Waals surface area contributed by atoms with Crippen molar-refractivity contribution in [3.63, 3.8) is 0 Å². The highest BCUT2D eigenvalue weighted by molar-refractivity contribution is 6.05. The highest BCUT2D eigenvalue weighted by Crippen LogP contribution is 2.43. The number of piperazine rings is 1. The Labute approximate surface area is 515 Å². The van der Waals surface area contributed by atoms with Crippen LogP contribution in [0.3, 0.4) is 0 Å². The number of benzene rings is 4. The van der Waals surface area contributed by atoms with E-state index in [9.17, 15) is 43.1 Å². The van der Waals surface area contributed by atoms with Crippen molar-refractivity contribution in [3.8, 4) is 0 Å². The minimum atomic E-state index is -1.57. The molecule has 25 heteroatoms. The lowest BCUT2D eigenvalue weighted by atomic mass is 9.83. The van der Waals surface area contributed by atoms with Crippen molar-refractivity contribution in [2.75, 3.05) is 94.8 Å². The fraction of sp³-hybridized carbons (Fsp3) is 0.500. The van der Waals surface area contributed by atoms with E-state index < -0.39 is 113 Å². The molecule has 22 nitrogen and oxygen atoms in total. The number of morpholine rings is 1. The first-order valence-corrected chi connectivity index (χ1v) is 30.0. The van der Waals surface area contributed by atoms with Crippen molar-refractivity contribution in [1.82, 2.24) is 35.1 Å². The summed E-state index contributed by atoms with van der Waals surface area (Å²) in [5, 5.41) is 20.8. The minimum absolute atomic E-state index is 0.0664. The molecule has 4 aromatic rings. The Hall–Kier alpha value is -8.13. The van der Waals surface area contributed by atoms with Gasteiger partial charge in [0.15, 0.2) is 0 Å². The first-order valence-electron chi connectivity index (χ1n) is 30.0. The standard InChI is InChI=1S/C64H79F3N10O12/c1-37-30-74(46(33-75(37)61(84)85)32-73-22-25-88-35-38(73)2)34-53(79)77-36-64(7,48-19-14-41(27-51(48)77)26-40-12-16-44(65)17-13-40)60(83)68-29-52(78)69-45-18-15-43-31-76(56(47(43)28-45)58(81)71-55-49(66)10-9-11-50(55)67)59(82)54(42-20-23-87-24-21-42)70-57(80)39(3)72(8)62(86)89-63(4,5)6/h9-19,27-28,37-39,42,46,54,56H,20-26,29-36H2,1-8H3,(H,68,83)(H,69,78)(H,70,80)(H,71,81)(H,84,85)/t37-,38-,39?,46+,54?,56+,64+/m1/s1. The predicted molar refractivity (Wildman–Crippen MR) is 322 cm³/mol. The van der Waals surface area contributed by atoms with Crippen molar-refractivity contribution in [1.29, 1.82) is 0 Å². The number of carbonyl (C=O) groups excluding carboxylic acids is 7. The number of ether oxygens (including phenoxy) is 3. The number of para-hydroxylation sites is 1. The summed E-state index contributed by atoms with van der Waals surface area (Å²) in [6, 6.07) is 14.4. The van der Waals surface area contributed by atoms with Gasteiger partial charge in [-0.05, 0) is 144 Å². The molecule has 4 aromatic carbocycles. The summed E-state index contributed by atoms with van der Waals surface area (Å²) in [6.45, 7) is 14.1. The van der Waals surface area contributed by atoms with E-state index in [0.717, 1.165) is 34.2 Å².